The number of anilines is 1. The Morgan fingerprint density at radius 2 is 1.75 bits per heavy atom. The van der Waals surface area contributed by atoms with Crippen molar-refractivity contribution in [1.82, 2.24) is 4.90 Å². The molecule has 0 amide bonds. The highest BCUT2D eigenvalue weighted by Gasteiger charge is 2.18. The Morgan fingerprint density at radius 1 is 1.31 bits per heavy atom. The first-order chi connectivity index (χ1) is 7.34. The molecule has 0 radical (unpaired) electrons. The Labute approximate surface area is 105 Å². The fourth-order valence-corrected chi connectivity index (χ4v) is 1.69. The summed E-state index contributed by atoms with van der Waals surface area (Å²) >= 11 is 11.7. The summed E-state index contributed by atoms with van der Waals surface area (Å²) in [5.41, 5.74) is 6.38. The second-order valence-electron chi connectivity index (χ2n) is 3.86. The molecule has 0 aromatic heterocycles. The Balaban J connectivity index is 3.11. The van der Waals surface area contributed by atoms with Gasteiger partial charge in [-0.25, -0.2) is 0 Å². The third-order valence-corrected chi connectivity index (χ3v) is 3.14. The molecule has 0 aliphatic carbocycles. The number of rotatable bonds is 3. The maximum atomic E-state index is 12.0. The average Bonchev–Trinajstić information content (AvgIpc) is 2.22. The summed E-state index contributed by atoms with van der Waals surface area (Å²) in [7, 11) is 3.67. The lowest BCUT2D eigenvalue weighted by Crippen LogP contribution is -2.32. The molecule has 1 aromatic carbocycles. The number of nitrogen functional groups attached to an aromatic ring is 1. The van der Waals surface area contributed by atoms with Gasteiger partial charge in [-0.1, -0.05) is 23.2 Å². The van der Waals surface area contributed by atoms with Crippen molar-refractivity contribution in [3.05, 3.63) is 27.7 Å². The molecule has 0 fully saturated rings. The topological polar surface area (TPSA) is 46.3 Å². The summed E-state index contributed by atoms with van der Waals surface area (Å²) in [5, 5.41) is 0.614. The maximum Gasteiger partial charge on any atom is 0.179 e. The van der Waals surface area contributed by atoms with Crippen LogP contribution in [0.5, 0.6) is 0 Å². The molecule has 1 unspecified atom stereocenters. The van der Waals surface area contributed by atoms with Gasteiger partial charge in [-0.3, -0.25) is 9.69 Å². The number of likely N-dealkylation sites (N-methyl/N-ethyl adjacent to an activating group) is 1. The SMILES string of the molecule is CC(C(=O)c1cc(Cl)c(N)c(Cl)c1)N(C)C. The third-order valence-electron chi connectivity index (χ3n) is 2.52. The molecule has 0 spiro atoms. The number of carbonyl (C=O) groups is 1. The summed E-state index contributed by atoms with van der Waals surface area (Å²) < 4.78 is 0. The van der Waals surface area contributed by atoms with Crippen molar-refractivity contribution in [3.63, 3.8) is 0 Å². The van der Waals surface area contributed by atoms with Crippen molar-refractivity contribution in [2.24, 2.45) is 0 Å². The largest absolute Gasteiger partial charge is 0.396 e. The summed E-state index contributed by atoms with van der Waals surface area (Å²) in [6.45, 7) is 1.82. The van der Waals surface area contributed by atoms with Crippen LogP contribution in [-0.4, -0.2) is 30.8 Å². The van der Waals surface area contributed by atoms with Crippen LogP contribution in [0.3, 0.4) is 0 Å². The highest BCUT2D eigenvalue weighted by atomic mass is 35.5. The molecule has 0 aliphatic rings. The monoisotopic (exact) mass is 260 g/mol. The Kier molecular flexibility index (Phi) is 4.19. The van der Waals surface area contributed by atoms with Gasteiger partial charge in [0.1, 0.15) is 0 Å². The number of benzene rings is 1. The van der Waals surface area contributed by atoms with Crippen LogP contribution in [0.2, 0.25) is 10.0 Å². The standard InChI is InChI=1S/C11H14Cl2N2O/c1-6(15(2)3)11(16)7-4-8(12)10(14)9(13)5-7/h4-6H,14H2,1-3H3. The molecule has 2 N–H and O–H groups in total. The number of hydrogen-bond donors (Lipinski definition) is 1. The van der Waals surface area contributed by atoms with Gasteiger partial charge in [0.2, 0.25) is 0 Å². The van der Waals surface area contributed by atoms with Gasteiger partial charge in [0.15, 0.2) is 5.78 Å². The normalized spacial score (nSPS) is 12.9. The number of carbonyl (C=O) groups excluding carboxylic acids is 1. The Bertz CT molecular complexity index is 395. The van der Waals surface area contributed by atoms with Crippen LogP contribution in [0.25, 0.3) is 0 Å². The number of halogens is 2. The summed E-state index contributed by atoms with van der Waals surface area (Å²) in [6.07, 6.45) is 0. The molecule has 0 saturated heterocycles. The zero-order chi connectivity index (χ0) is 12.5. The molecule has 5 heteroatoms. The zero-order valence-electron chi connectivity index (χ0n) is 9.42. The van der Waals surface area contributed by atoms with Gasteiger partial charge in [0, 0.05) is 5.56 Å². The van der Waals surface area contributed by atoms with E-state index in [0.717, 1.165) is 0 Å². The van der Waals surface area contributed by atoms with Gasteiger partial charge in [-0.2, -0.15) is 0 Å². The quantitative estimate of drug-likeness (QED) is 0.672. The van der Waals surface area contributed by atoms with Crippen molar-refractivity contribution >= 4 is 34.7 Å². The van der Waals surface area contributed by atoms with Crippen molar-refractivity contribution in [3.8, 4) is 0 Å². The van der Waals surface area contributed by atoms with Crippen molar-refractivity contribution in [2.75, 3.05) is 19.8 Å². The molecular formula is C11H14Cl2N2O. The van der Waals surface area contributed by atoms with E-state index in [4.69, 9.17) is 28.9 Å². The van der Waals surface area contributed by atoms with E-state index in [0.29, 0.717) is 21.3 Å². The number of ketones is 1. The van der Waals surface area contributed by atoms with Crippen LogP contribution in [0.15, 0.2) is 12.1 Å². The summed E-state index contributed by atoms with van der Waals surface area (Å²) in [5.74, 6) is -0.0335. The first-order valence-electron chi connectivity index (χ1n) is 4.79. The molecule has 3 nitrogen and oxygen atoms in total. The molecule has 16 heavy (non-hydrogen) atoms. The molecule has 1 rings (SSSR count). The van der Waals surface area contributed by atoms with Gasteiger partial charge in [0.25, 0.3) is 0 Å². The van der Waals surface area contributed by atoms with Gasteiger partial charge in [0.05, 0.1) is 21.8 Å². The fraction of sp³-hybridized carbons (Fsp3) is 0.364. The first kappa shape index (κ1) is 13.3. The van der Waals surface area contributed by atoms with E-state index in [-0.39, 0.29) is 11.8 Å². The van der Waals surface area contributed by atoms with Crippen LogP contribution in [0, 0.1) is 0 Å². The first-order valence-corrected chi connectivity index (χ1v) is 5.55. The Morgan fingerprint density at radius 3 is 2.12 bits per heavy atom. The average molecular weight is 261 g/mol. The lowest BCUT2D eigenvalue weighted by atomic mass is 10.0. The van der Waals surface area contributed by atoms with Crippen molar-refractivity contribution in [1.29, 1.82) is 0 Å². The van der Waals surface area contributed by atoms with Gasteiger partial charge >= 0.3 is 0 Å². The predicted octanol–water partition coefficient (Wildman–Crippen LogP) is 2.71. The van der Waals surface area contributed by atoms with E-state index in [2.05, 4.69) is 0 Å². The van der Waals surface area contributed by atoms with Crippen LogP contribution in [0.1, 0.15) is 17.3 Å². The molecule has 1 atom stereocenters. The number of hydrogen-bond acceptors (Lipinski definition) is 3. The van der Waals surface area contributed by atoms with Gasteiger partial charge in [-0.15, -0.1) is 0 Å². The van der Waals surface area contributed by atoms with E-state index in [1.807, 2.05) is 25.9 Å². The van der Waals surface area contributed by atoms with Crippen molar-refractivity contribution in [2.45, 2.75) is 13.0 Å². The van der Waals surface area contributed by atoms with E-state index < -0.39 is 0 Å². The molecule has 0 saturated carbocycles. The molecule has 0 bridgehead atoms. The van der Waals surface area contributed by atoms with Crippen LogP contribution < -0.4 is 5.73 Å². The van der Waals surface area contributed by atoms with Gasteiger partial charge < -0.3 is 5.73 Å². The third kappa shape index (κ3) is 2.67. The molecule has 0 heterocycles. The summed E-state index contributed by atoms with van der Waals surface area (Å²) in [4.78, 5) is 13.8. The second kappa shape index (κ2) is 5.04. The minimum Gasteiger partial charge on any atom is -0.396 e. The van der Waals surface area contributed by atoms with Crippen LogP contribution in [-0.2, 0) is 0 Å². The maximum absolute atomic E-state index is 12.0. The molecule has 1 aromatic rings. The summed E-state index contributed by atoms with van der Waals surface area (Å²) in [6, 6.07) is 2.87. The lowest BCUT2D eigenvalue weighted by molar-refractivity contribution is 0.0891. The minimum absolute atomic E-state index is 0.0335. The van der Waals surface area contributed by atoms with Crippen LogP contribution >= 0.6 is 23.2 Å². The number of Topliss-reactive ketones (excluding diaryl/α,β-unsaturated/α-hetero) is 1. The Hall–Kier alpha value is -0.770. The van der Waals surface area contributed by atoms with E-state index in [1.54, 1.807) is 12.1 Å². The smallest absolute Gasteiger partial charge is 0.179 e. The molecular weight excluding hydrogens is 247 g/mol. The van der Waals surface area contributed by atoms with Gasteiger partial charge in [-0.05, 0) is 33.2 Å². The fourth-order valence-electron chi connectivity index (χ4n) is 1.20. The molecule has 0 aliphatic heterocycles. The predicted molar refractivity (Wildman–Crippen MR) is 68.4 cm³/mol. The zero-order valence-corrected chi connectivity index (χ0v) is 10.9. The number of nitrogens with zero attached hydrogens (tertiary/aromatic N) is 1. The number of nitrogens with two attached hydrogens (primary N) is 1. The second-order valence-corrected chi connectivity index (χ2v) is 4.67. The molecule has 88 valence electrons. The highest BCUT2D eigenvalue weighted by molar-refractivity contribution is 6.39. The van der Waals surface area contributed by atoms with E-state index in [9.17, 15) is 4.79 Å². The van der Waals surface area contributed by atoms with E-state index in [1.165, 1.54) is 0 Å². The lowest BCUT2D eigenvalue weighted by Gasteiger charge is -2.18. The highest BCUT2D eigenvalue weighted by Crippen LogP contribution is 2.29. The van der Waals surface area contributed by atoms with E-state index >= 15 is 0 Å². The van der Waals surface area contributed by atoms with Crippen molar-refractivity contribution < 1.29 is 4.79 Å². The van der Waals surface area contributed by atoms with Crippen LogP contribution in [0.4, 0.5) is 5.69 Å². The minimum atomic E-state index is -0.226.